The van der Waals surface area contributed by atoms with Gasteiger partial charge in [-0.2, -0.15) is 5.26 Å². The van der Waals surface area contributed by atoms with Crippen LogP contribution in [-0.2, 0) is 6.54 Å². The van der Waals surface area contributed by atoms with E-state index in [1.54, 1.807) is 12.1 Å². The molecule has 0 unspecified atom stereocenters. The summed E-state index contributed by atoms with van der Waals surface area (Å²) in [4.78, 5) is 4.29. The molecule has 0 atom stereocenters. The van der Waals surface area contributed by atoms with Gasteiger partial charge in [0, 0.05) is 12.1 Å². The molecule has 1 N–H and O–H groups in total. The van der Waals surface area contributed by atoms with E-state index in [0.717, 1.165) is 5.52 Å². The van der Waals surface area contributed by atoms with Gasteiger partial charge in [0.15, 0.2) is 0 Å². The molecule has 3 rings (SSSR count). The third-order valence-electron chi connectivity index (χ3n) is 2.98. The second-order valence-electron chi connectivity index (χ2n) is 4.40. The maximum Gasteiger partial charge on any atom is 0.243 e. The summed E-state index contributed by atoms with van der Waals surface area (Å²) in [6.07, 6.45) is 0. The van der Waals surface area contributed by atoms with Gasteiger partial charge in [-0.15, -0.1) is 10.2 Å². The van der Waals surface area contributed by atoms with Crippen molar-refractivity contribution in [1.82, 2.24) is 15.2 Å². The second-order valence-corrected chi connectivity index (χ2v) is 4.40. The van der Waals surface area contributed by atoms with Gasteiger partial charge in [0.1, 0.15) is 11.3 Å². The number of fused-ring (bicyclic) bond motifs is 1. The number of hydrogen-bond acceptors (Lipinski definition) is 5. The molecule has 102 valence electrons. The molecule has 0 bridgehead atoms. The molecule has 0 saturated heterocycles. The van der Waals surface area contributed by atoms with Crippen LogP contribution in [0.1, 0.15) is 11.1 Å². The summed E-state index contributed by atoms with van der Waals surface area (Å²) in [5.74, 6) is -0.104. The van der Waals surface area contributed by atoms with Crippen molar-refractivity contribution >= 4 is 17.0 Å². The minimum Gasteiger partial charge on any atom is -0.349 e. The molecule has 0 amide bonds. The minimum absolute atomic E-state index is 0.220. The number of nitrogens with zero attached hydrogens (tertiary/aromatic N) is 4. The number of aromatic nitrogens is 3. The first-order valence-corrected chi connectivity index (χ1v) is 6.28. The SMILES string of the molecule is N#Cc1ccc(CNc2nnc3ccccc3n2)c(F)c1. The fourth-order valence-electron chi connectivity index (χ4n) is 1.89. The average molecular weight is 279 g/mol. The Morgan fingerprint density at radius 1 is 1.10 bits per heavy atom. The molecule has 1 aromatic heterocycles. The maximum absolute atomic E-state index is 13.7. The quantitative estimate of drug-likeness (QED) is 0.797. The fraction of sp³-hybridized carbons (Fsp3) is 0.0667. The molecule has 0 aliphatic rings. The van der Waals surface area contributed by atoms with Crippen molar-refractivity contribution in [3.8, 4) is 6.07 Å². The molecule has 1 heterocycles. The van der Waals surface area contributed by atoms with Gasteiger partial charge in [0.2, 0.25) is 5.95 Å². The van der Waals surface area contributed by atoms with E-state index < -0.39 is 5.82 Å². The van der Waals surface area contributed by atoms with Crippen molar-refractivity contribution in [3.63, 3.8) is 0 Å². The van der Waals surface area contributed by atoms with Gasteiger partial charge in [-0.05, 0) is 24.3 Å². The van der Waals surface area contributed by atoms with Crippen molar-refractivity contribution < 1.29 is 4.39 Å². The molecule has 0 aliphatic heterocycles. The topological polar surface area (TPSA) is 74.5 Å². The summed E-state index contributed by atoms with van der Waals surface area (Å²) in [6.45, 7) is 0.220. The Morgan fingerprint density at radius 3 is 2.67 bits per heavy atom. The number of anilines is 1. The van der Waals surface area contributed by atoms with Gasteiger partial charge in [-0.1, -0.05) is 18.2 Å². The van der Waals surface area contributed by atoms with Crippen LogP contribution >= 0.6 is 0 Å². The van der Waals surface area contributed by atoms with E-state index in [1.807, 2.05) is 30.3 Å². The lowest BCUT2D eigenvalue weighted by molar-refractivity contribution is 0.612. The lowest BCUT2D eigenvalue weighted by atomic mass is 10.1. The zero-order valence-electron chi connectivity index (χ0n) is 10.9. The van der Waals surface area contributed by atoms with Crippen LogP contribution in [0.4, 0.5) is 10.3 Å². The zero-order chi connectivity index (χ0) is 14.7. The fourth-order valence-corrected chi connectivity index (χ4v) is 1.89. The number of benzene rings is 2. The Kier molecular flexibility index (Phi) is 3.39. The van der Waals surface area contributed by atoms with E-state index >= 15 is 0 Å². The average Bonchev–Trinajstić information content (AvgIpc) is 2.53. The molecule has 6 heteroatoms. The third-order valence-corrected chi connectivity index (χ3v) is 2.98. The Bertz CT molecular complexity index is 841. The van der Waals surface area contributed by atoms with Gasteiger partial charge in [-0.3, -0.25) is 0 Å². The zero-order valence-corrected chi connectivity index (χ0v) is 10.9. The molecular formula is C15H10FN5. The Balaban J connectivity index is 1.78. The molecule has 0 radical (unpaired) electrons. The number of nitriles is 1. The first-order chi connectivity index (χ1) is 10.3. The van der Waals surface area contributed by atoms with Gasteiger partial charge >= 0.3 is 0 Å². The summed E-state index contributed by atoms with van der Waals surface area (Å²) < 4.78 is 13.7. The lowest BCUT2D eigenvalue weighted by Gasteiger charge is -2.06. The van der Waals surface area contributed by atoms with Crippen molar-refractivity contribution in [2.45, 2.75) is 6.54 Å². The van der Waals surface area contributed by atoms with Crippen LogP contribution in [-0.4, -0.2) is 15.2 Å². The summed E-state index contributed by atoms with van der Waals surface area (Å²) >= 11 is 0. The van der Waals surface area contributed by atoms with Crippen LogP contribution in [0.3, 0.4) is 0 Å². The predicted molar refractivity (Wildman–Crippen MR) is 75.8 cm³/mol. The number of para-hydroxylation sites is 1. The molecular weight excluding hydrogens is 269 g/mol. The molecule has 3 aromatic rings. The summed E-state index contributed by atoms with van der Waals surface area (Å²) in [5, 5.41) is 19.6. The summed E-state index contributed by atoms with van der Waals surface area (Å²) in [6, 6.07) is 13.6. The molecule has 0 fully saturated rings. The number of hydrogen-bond donors (Lipinski definition) is 1. The molecule has 5 nitrogen and oxygen atoms in total. The first kappa shape index (κ1) is 12.9. The molecule has 0 spiro atoms. The van der Waals surface area contributed by atoms with Crippen LogP contribution in [0, 0.1) is 17.1 Å². The van der Waals surface area contributed by atoms with E-state index in [-0.39, 0.29) is 6.54 Å². The van der Waals surface area contributed by atoms with Crippen molar-refractivity contribution in [1.29, 1.82) is 5.26 Å². The monoisotopic (exact) mass is 279 g/mol. The van der Waals surface area contributed by atoms with Gasteiger partial charge in [0.05, 0.1) is 17.1 Å². The highest BCUT2D eigenvalue weighted by atomic mass is 19.1. The van der Waals surface area contributed by atoms with Crippen LogP contribution in [0.15, 0.2) is 42.5 Å². The lowest BCUT2D eigenvalue weighted by Crippen LogP contribution is -2.06. The number of nitrogens with one attached hydrogen (secondary N) is 1. The van der Waals surface area contributed by atoms with E-state index in [9.17, 15) is 4.39 Å². The van der Waals surface area contributed by atoms with Crippen molar-refractivity contribution in [3.05, 3.63) is 59.4 Å². The van der Waals surface area contributed by atoms with Gasteiger partial charge in [-0.25, -0.2) is 9.37 Å². The highest BCUT2D eigenvalue weighted by Gasteiger charge is 2.05. The normalized spacial score (nSPS) is 10.3. The van der Waals surface area contributed by atoms with Crippen molar-refractivity contribution in [2.24, 2.45) is 0 Å². The smallest absolute Gasteiger partial charge is 0.243 e. The third kappa shape index (κ3) is 2.77. The van der Waals surface area contributed by atoms with Crippen LogP contribution in [0.2, 0.25) is 0 Å². The predicted octanol–water partition coefficient (Wildman–Crippen LogP) is 2.65. The molecule has 0 saturated carbocycles. The highest BCUT2D eigenvalue weighted by Crippen LogP contribution is 2.13. The number of rotatable bonds is 3. The first-order valence-electron chi connectivity index (χ1n) is 6.28. The van der Waals surface area contributed by atoms with E-state index in [2.05, 4.69) is 20.5 Å². The van der Waals surface area contributed by atoms with Gasteiger partial charge in [0.25, 0.3) is 0 Å². The molecule has 2 aromatic carbocycles. The number of halogens is 1. The summed E-state index contributed by atoms with van der Waals surface area (Å²) in [5.41, 5.74) is 2.15. The maximum atomic E-state index is 13.7. The largest absolute Gasteiger partial charge is 0.349 e. The Labute approximate surface area is 120 Å². The Morgan fingerprint density at radius 2 is 1.90 bits per heavy atom. The molecule has 21 heavy (non-hydrogen) atoms. The van der Waals surface area contributed by atoms with E-state index in [0.29, 0.717) is 22.6 Å². The van der Waals surface area contributed by atoms with E-state index in [4.69, 9.17) is 5.26 Å². The highest BCUT2D eigenvalue weighted by molar-refractivity contribution is 5.74. The standard InChI is InChI=1S/C15H10FN5/c16-12-7-10(8-17)5-6-11(12)9-18-15-19-13-3-1-2-4-14(13)20-21-15/h1-7H,9H2,(H,18,19,21). The van der Waals surface area contributed by atoms with E-state index in [1.165, 1.54) is 6.07 Å². The van der Waals surface area contributed by atoms with Crippen LogP contribution < -0.4 is 5.32 Å². The van der Waals surface area contributed by atoms with Crippen molar-refractivity contribution in [2.75, 3.05) is 5.32 Å². The van der Waals surface area contributed by atoms with Gasteiger partial charge < -0.3 is 5.32 Å². The minimum atomic E-state index is -0.435. The Hall–Kier alpha value is -3.07. The second kappa shape index (κ2) is 5.51. The van der Waals surface area contributed by atoms with Crippen LogP contribution in [0.25, 0.3) is 11.0 Å². The summed E-state index contributed by atoms with van der Waals surface area (Å²) in [7, 11) is 0. The van der Waals surface area contributed by atoms with Crippen LogP contribution in [0.5, 0.6) is 0 Å². The molecule has 0 aliphatic carbocycles.